The topological polar surface area (TPSA) is 142 Å². The van der Waals surface area contributed by atoms with Gasteiger partial charge in [-0.1, -0.05) is 36.4 Å². The number of rotatable bonds is 6. The summed E-state index contributed by atoms with van der Waals surface area (Å²) < 4.78 is 13.7. The maximum atomic E-state index is 6.85. The Morgan fingerprint density at radius 2 is 0.814 bits per heavy atom. The van der Waals surface area contributed by atoms with Crippen molar-refractivity contribution in [2.24, 2.45) is 0 Å². The molecule has 2 aliphatic heterocycles. The van der Waals surface area contributed by atoms with Crippen LogP contribution in [0.3, 0.4) is 0 Å². The highest BCUT2D eigenvalue weighted by Gasteiger charge is 2.27. The Kier molecular flexibility index (Phi) is 7.17. The van der Waals surface area contributed by atoms with E-state index in [0.29, 0.717) is 46.0 Å². The van der Waals surface area contributed by atoms with Crippen LogP contribution in [0.1, 0.15) is 5.56 Å². The maximum Gasteiger partial charge on any atom is 0.182 e. The lowest BCUT2D eigenvalue weighted by Gasteiger charge is -2.21. The van der Waals surface area contributed by atoms with Gasteiger partial charge >= 0.3 is 0 Å². The van der Waals surface area contributed by atoms with Gasteiger partial charge in [-0.15, -0.1) is 0 Å². The molecule has 8 heterocycles. The van der Waals surface area contributed by atoms with E-state index in [9.17, 15) is 0 Å². The highest BCUT2D eigenvalue weighted by molar-refractivity contribution is 6.24. The van der Waals surface area contributed by atoms with E-state index in [1.54, 1.807) is 24.8 Å². The minimum absolute atomic E-state index is 0.450. The second-order valence-electron chi connectivity index (χ2n) is 14.3. The van der Waals surface area contributed by atoms with Crippen molar-refractivity contribution in [1.29, 1.82) is 0 Å². The van der Waals surface area contributed by atoms with Crippen LogP contribution in [-0.4, -0.2) is 44.9 Å². The lowest BCUT2D eigenvalue weighted by molar-refractivity contribution is 0.646. The molecule has 0 aliphatic carbocycles. The first kappa shape index (κ1) is 32.9. The zero-order valence-electron chi connectivity index (χ0n) is 31.2. The summed E-state index contributed by atoms with van der Waals surface area (Å²) in [5, 5.41) is 3.88. The molecule has 10 aromatic rings. The number of hydrogen-bond acceptors (Lipinski definition) is 11. The van der Waals surface area contributed by atoms with Gasteiger partial charge in [-0.3, -0.25) is 19.9 Å². The fourth-order valence-electron chi connectivity index (χ4n) is 8.03. The molecule has 276 valence electrons. The van der Waals surface area contributed by atoms with Crippen molar-refractivity contribution in [3.63, 3.8) is 0 Å². The Bertz CT molecular complexity index is 3440. The molecule has 6 aromatic heterocycles. The Morgan fingerprint density at radius 1 is 0.373 bits per heavy atom. The van der Waals surface area contributed by atoms with Crippen molar-refractivity contribution in [1.82, 2.24) is 44.9 Å². The Hall–Kier alpha value is -8.31. The summed E-state index contributed by atoms with van der Waals surface area (Å²) in [5.41, 5.74) is 11.6. The fraction of sp³-hybridized carbons (Fsp3) is 0.0208. The van der Waals surface area contributed by atoms with Crippen molar-refractivity contribution in [2.45, 2.75) is 6.92 Å². The van der Waals surface area contributed by atoms with E-state index in [-0.39, 0.29) is 0 Å². The van der Waals surface area contributed by atoms with E-state index in [1.165, 1.54) is 0 Å². The Labute approximate surface area is 334 Å². The molecule has 59 heavy (non-hydrogen) atoms. The van der Waals surface area contributed by atoms with Crippen molar-refractivity contribution >= 4 is 43.9 Å². The van der Waals surface area contributed by atoms with Gasteiger partial charge in [0, 0.05) is 63.4 Å². The summed E-state index contributed by atoms with van der Waals surface area (Å²) in [5.74, 6) is 1.90. The van der Waals surface area contributed by atoms with Crippen molar-refractivity contribution in [2.75, 3.05) is 0 Å². The Morgan fingerprint density at radius 3 is 1.32 bits per heavy atom. The second-order valence-corrected chi connectivity index (χ2v) is 14.3. The third-order valence-electron chi connectivity index (χ3n) is 10.7. The van der Waals surface area contributed by atoms with E-state index < -0.39 is 0 Å². The number of aromatic nitrogens is 9. The molecule has 0 unspecified atom stereocenters. The van der Waals surface area contributed by atoms with E-state index in [0.717, 1.165) is 83.2 Å². The quantitative estimate of drug-likeness (QED) is 0.118. The third-order valence-corrected chi connectivity index (χ3v) is 10.7. The molecule has 0 N–H and O–H groups in total. The molecular weight excluding hydrogens is 735 g/mol. The van der Waals surface area contributed by atoms with Gasteiger partial charge in [0.25, 0.3) is 0 Å². The van der Waals surface area contributed by atoms with Crippen LogP contribution in [0.15, 0.2) is 155 Å². The van der Waals surface area contributed by atoms with Crippen LogP contribution < -0.4 is 0 Å². The van der Waals surface area contributed by atoms with Crippen molar-refractivity contribution in [3.8, 4) is 79.7 Å². The first-order valence-electron chi connectivity index (χ1n) is 19.0. The van der Waals surface area contributed by atoms with Gasteiger partial charge in [0.2, 0.25) is 0 Å². The monoisotopic (exact) mass is 761 g/mol. The van der Waals surface area contributed by atoms with Crippen LogP contribution in [0.5, 0.6) is 0 Å². The minimum Gasteiger partial charge on any atom is -0.456 e. The molecule has 0 atom stereocenters. The fourth-order valence-corrected chi connectivity index (χ4v) is 8.03. The van der Waals surface area contributed by atoms with Crippen molar-refractivity contribution in [3.05, 3.63) is 152 Å². The van der Waals surface area contributed by atoms with Crippen LogP contribution in [0.4, 0.5) is 0 Å². The number of nitrogens with zero attached hydrogens (tertiary/aromatic N) is 9. The van der Waals surface area contributed by atoms with Crippen LogP contribution in [0, 0.1) is 6.92 Å². The molecule has 0 bridgehead atoms. The van der Waals surface area contributed by atoms with Crippen LogP contribution in [0.2, 0.25) is 0 Å². The molecule has 0 saturated carbocycles. The van der Waals surface area contributed by atoms with Gasteiger partial charge in [0.1, 0.15) is 39.4 Å². The lowest BCUT2D eigenvalue weighted by atomic mass is 9.88. The Balaban J connectivity index is 1.05. The smallest absolute Gasteiger partial charge is 0.182 e. The highest BCUT2D eigenvalue weighted by atomic mass is 16.3. The van der Waals surface area contributed by atoms with Gasteiger partial charge < -0.3 is 8.83 Å². The average Bonchev–Trinajstić information content (AvgIpc) is 3.30. The summed E-state index contributed by atoms with van der Waals surface area (Å²) in [7, 11) is 0. The summed E-state index contributed by atoms with van der Waals surface area (Å²) in [4.78, 5) is 42.9. The molecule has 11 nitrogen and oxygen atoms in total. The minimum atomic E-state index is 0.450. The van der Waals surface area contributed by atoms with Crippen LogP contribution in [0.25, 0.3) is 124 Å². The van der Waals surface area contributed by atoms with Gasteiger partial charge in [0.05, 0.1) is 17.1 Å². The van der Waals surface area contributed by atoms with E-state index in [2.05, 4.69) is 50.3 Å². The molecule has 0 spiro atoms. The molecule has 0 amide bonds. The lowest BCUT2D eigenvalue weighted by Crippen LogP contribution is -2.02. The van der Waals surface area contributed by atoms with Crippen LogP contribution >= 0.6 is 0 Å². The maximum absolute atomic E-state index is 6.85. The molecule has 11 heteroatoms. The highest BCUT2D eigenvalue weighted by Crippen LogP contribution is 2.49. The van der Waals surface area contributed by atoms with E-state index >= 15 is 0 Å². The standard InChI is InChI=1S/C48H27N9O2/c1-26-43(53-46(32-11-3-7-19-50-32)54-44(26)31-10-2-6-18-49-31)29-22-27-14-16-36-41-39(27)37(24-29)58-35-17-15-28-23-30(25-38(59-36)40(28)42(35)41)45-55-47(33-12-4-8-20-51-33)57-48(56-45)34-13-5-9-21-52-34/h2-25H,1H3. The van der Waals surface area contributed by atoms with Gasteiger partial charge in [-0.05, 0) is 103 Å². The van der Waals surface area contributed by atoms with Crippen LogP contribution in [-0.2, 0) is 0 Å². The zero-order valence-corrected chi connectivity index (χ0v) is 31.2. The van der Waals surface area contributed by atoms with Gasteiger partial charge in [0.15, 0.2) is 23.3 Å². The largest absolute Gasteiger partial charge is 0.456 e. The molecule has 0 fully saturated rings. The summed E-state index contributed by atoms with van der Waals surface area (Å²) in [6.07, 6.45) is 6.97. The van der Waals surface area contributed by atoms with E-state index in [1.807, 2.05) is 97.9 Å². The first-order chi connectivity index (χ1) is 29.1. The van der Waals surface area contributed by atoms with E-state index in [4.69, 9.17) is 33.8 Å². The predicted molar refractivity (Wildman–Crippen MR) is 226 cm³/mol. The third kappa shape index (κ3) is 5.32. The number of pyridine rings is 4. The molecule has 12 rings (SSSR count). The van der Waals surface area contributed by atoms with Gasteiger partial charge in [-0.2, -0.15) is 0 Å². The van der Waals surface area contributed by atoms with Gasteiger partial charge in [-0.25, -0.2) is 24.9 Å². The first-order valence-corrected chi connectivity index (χ1v) is 19.0. The van der Waals surface area contributed by atoms with Crippen molar-refractivity contribution < 1.29 is 8.83 Å². The SMILES string of the molecule is Cc1c(-c2cc3ccc4oc5cc(-c6nc(-c7ccccn7)nc(-c7ccccn7)n6)cc6ccc7oc(c2)c3c4-c7c65)nc(-c2ccccn2)nc1-c1ccccn1. The molecular formula is C48H27N9O2. The predicted octanol–water partition coefficient (Wildman–Crippen LogP) is 10.9. The summed E-state index contributed by atoms with van der Waals surface area (Å²) in [6, 6.07) is 39.3. The molecule has 4 aromatic carbocycles. The number of hydrogen-bond donors (Lipinski definition) is 0. The average molecular weight is 762 g/mol. The molecule has 0 saturated heterocycles. The normalized spacial score (nSPS) is 11.8. The summed E-state index contributed by atoms with van der Waals surface area (Å²) >= 11 is 0. The number of benzene rings is 4. The zero-order chi connectivity index (χ0) is 39.0. The second kappa shape index (κ2) is 12.9. The molecule has 0 radical (unpaired) electrons. The molecule has 2 aliphatic rings. The summed E-state index contributed by atoms with van der Waals surface area (Å²) in [6.45, 7) is 2.03.